The van der Waals surface area contributed by atoms with E-state index < -0.39 is 9.84 Å². The maximum Gasteiger partial charge on any atom is 0.182 e. The third-order valence-electron chi connectivity index (χ3n) is 4.41. The Morgan fingerprint density at radius 3 is 2.27 bits per heavy atom. The molecule has 3 nitrogen and oxygen atoms in total. The second-order valence-corrected chi connectivity index (χ2v) is 8.10. The van der Waals surface area contributed by atoms with Gasteiger partial charge in [-0.2, -0.15) is 0 Å². The van der Waals surface area contributed by atoms with Crippen molar-refractivity contribution in [2.75, 3.05) is 5.75 Å². The van der Waals surface area contributed by atoms with Gasteiger partial charge < -0.3 is 0 Å². The van der Waals surface area contributed by atoms with Crippen LogP contribution in [-0.2, 0) is 9.84 Å². The maximum atomic E-state index is 12.7. The Hall–Kier alpha value is -2.98. The molecule has 0 aliphatic carbocycles. The second kappa shape index (κ2) is 6.39. The third kappa shape index (κ3) is 2.68. The molecule has 3 aromatic carbocycles. The van der Waals surface area contributed by atoms with Crippen molar-refractivity contribution in [1.29, 1.82) is 0 Å². The van der Waals surface area contributed by atoms with Crippen molar-refractivity contribution < 1.29 is 8.42 Å². The molecule has 0 unspecified atom stereocenters. The van der Waals surface area contributed by atoms with Crippen molar-refractivity contribution in [2.45, 2.75) is 4.90 Å². The van der Waals surface area contributed by atoms with E-state index in [1.807, 2.05) is 60.7 Å². The Balaban J connectivity index is 2.16. The summed E-state index contributed by atoms with van der Waals surface area (Å²) in [5, 5.41) is 2.50. The van der Waals surface area contributed by atoms with E-state index in [-0.39, 0.29) is 5.75 Å². The molecular weight excluding hydrogens is 342 g/mol. The molecule has 0 atom stereocenters. The zero-order chi connectivity index (χ0) is 18.1. The molecule has 4 heteroatoms. The first kappa shape index (κ1) is 16.5. The molecule has 1 heterocycles. The number of pyridine rings is 1. The quantitative estimate of drug-likeness (QED) is 0.380. The van der Waals surface area contributed by atoms with E-state index in [0.29, 0.717) is 15.8 Å². The highest BCUT2D eigenvalue weighted by atomic mass is 32.2. The van der Waals surface area contributed by atoms with Gasteiger partial charge in [-0.1, -0.05) is 66.7 Å². The van der Waals surface area contributed by atoms with Crippen LogP contribution in [0.5, 0.6) is 0 Å². The van der Waals surface area contributed by atoms with E-state index in [4.69, 9.17) is 4.98 Å². The number of hydrogen-bond acceptors (Lipinski definition) is 3. The minimum absolute atomic E-state index is 0.0964. The Kier molecular flexibility index (Phi) is 4.05. The van der Waals surface area contributed by atoms with Gasteiger partial charge in [0.25, 0.3) is 0 Å². The summed E-state index contributed by atoms with van der Waals surface area (Å²) in [7, 11) is -3.46. The summed E-state index contributed by atoms with van der Waals surface area (Å²) >= 11 is 0. The molecule has 128 valence electrons. The monoisotopic (exact) mass is 359 g/mol. The van der Waals surface area contributed by atoms with E-state index >= 15 is 0 Å². The lowest BCUT2D eigenvalue weighted by Gasteiger charge is -2.13. The lowest BCUT2D eigenvalue weighted by atomic mass is 10.00. The van der Waals surface area contributed by atoms with Crippen LogP contribution >= 0.6 is 0 Å². The summed E-state index contributed by atoms with van der Waals surface area (Å²) in [5.41, 5.74) is 2.53. The predicted octanol–water partition coefficient (Wildman–Crippen LogP) is 5.01. The SMILES string of the molecule is C=CCS(=O)(=O)c1cccc2nc(-c3ccccc3)c3ccccc3c12. The number of nitrogens with zero attached hydrogens (tertiary/aromatic N) is 1. The Morgan fingerprint density at radius 2 is 1.54 bits per heavy atom. The van der Waals surface area contributed by atoms with E-state index in [9.17, 15) is 8.42 Å². The summed E-state index contributed by atoms with van der Waals surface area (Å²) in [4.78, 5) is 5.12. The average molecular weight is 359 g/mol. The average Bonchev–Trinajstić information content (AvgIpc) is 2.67. The topological polar surface area (TPSA) is 47.0 Å². The predicted molar refractivity (Wildman–Crippen MR) is 107 cm³/mol. The maximum absolute atomic E-state index is 12.7. The highest BCUT2D eigenvalue weighted by Crippen LogP contribution is 2.35. The molecule has 0 N–H and O–H groups in total. The van der Waals surface area contributed by atoms with Gasteiger partial charge in [-0.05, 0) is 17.5 Å². The fraction of sp³-hybridized carbons (Fsp3) is 0.0455. The first-order chi connectivity index (χ1) is 12.6. The van der Waals surface area contributed by atoms with Crippen LogP contribution in [0.3, 0.4) is 0 Å². The summed E-state index contributed by atoms with van der Waals surface area (Å²) in [5.74, 6) is -0.0964. The van der Waals surface area contributed by atoms with Crippen LogP contribution in [0.4, 0.5) is 0 Å². The van der Waals surface area contributed by atoms with Gasteiger partial charge in [-0.15, -0.1) is 6.58 Å². The molecule has 0 bridgehead atoms. The molecule has 0 radical (unpaired) electrons. The van der Waals surface area contributed by atoms with Gasteiger partial charge in [0.05, 0.1) is 21.9 Å². The number of rotatable bonds is 4. The Bertz CT molecular complexity index is 1230. The summed E-state index contributed by atoms with van der Waals surface area (Å²) in [6.07, 6.45) is 1.42. The van der Waals surface area contributed by atoms with Crippen LogP contribution in [-0.4, -0.2) is 19.2 Å². The number of fused-ring (bicyclic) bond motifs is 3. The standard InChI is InChI=1S/C22H17NO2S/c1-2-15-26(24,25)20-14-8-13-19-21(20)17-11-6-7-12-18(17)22(23-19)16-9-4-3-5-10-16/h2-14H,1,15H2. The van der Waals surface area contributed by atoms with Crippen LogP contribution in [0.25, 0.3) is 32.9 Å². The molecular formula is C22H17NO2S. The minimum Gasteiger partial charge on any atom is -0.247 e. The number of sulfone groups is 1. The van der Waals surface area contributed by atoms with Crippen LogP contribution in [0.1, 0.15) is 0 Å². The molecule has 0 saturated carbocycles. The molecule has 0 fully saturated rings. The fourth-order valence-electron chi connectivity index (χ4n) is 3.29. The molecule has 0 amide bonds. The van der Waals surface area contributed by atoms with Crippen molar-refractivity contribution >= 4 is 31.5 Å². The molecule has 4 aromatic rings. The molecule has 0 spiro atoms. The largest absolute Gasteiger partial charge is 0.247 e. The number of hydrogen-bond donors (Lipinski definition) is 0. The number of aromatic nitrogens is 1. The molecule has 1 aromatic heterocycles. The Morgan fingerprint density at radius 1 is 0.846 bits per heavy atom. The van der Waals surface area contributed by atoms with Gasteiger partial charge in [0.15, 0.2) is 9.84 Å². The van der Waals surface area contributed by atoms with Crippen molar-refractivity contribution in [1.82, 2.24) is 4.98 Å². The normalized spacial score (nSPS) is 11.7. The minimum atomic E-state index is -3.46. The molecule has 0 aliphatic heterocycles. The van der Waals surface area contributed by atoms with E-state index in [1.165, 1.54) is 6.08 Å². The lowest BCUT2D eigenvalue weighted by Crippen LogP contribution is -2.06. The van der Waals surface area contributed by atoms with Crippen LogP contribution < -0.4 is 0 Å². The van der Waals surface area contributed by atoms with Gasteiger partial charge in [0, 0.05) is 16.3 Å². The van der Waals surface area contributed by atoms with Gasteiger partial charge in [-0.3, -0.25) is 0 Å². The lowest BCUT2D eigenvalue weighted by molar-refractivity contribution is 0.600. The molecule has 0 saturated heterocycles. The van der Waals surface area contributed by atoms with Crippen LogP contribution in [0, 0.1) is 0 Å². The van der Waals surface area contributed by atoms with Gasteiger partial charge in [-0.25, -0.2) is 13.4 Å². The summed E-state index contributed by atoms with van der Waals surface area (Å²) in [6.45, 7) is 3.57. The first-order valence-electron chi connectivity index (χ1n) is 8.32. The molecule has 26 heavy (non-hydrogen) atoms. The summed E-state index contributed by atoms with van der Waals surface area (Å²) in [6, 6.07) is 23.0. The Labute approximate surface area is 152 Å². The van der Waals surface area contributed by atoms with Gasteiger partial charge in [0.2, 0.25) is 0 Å². The van der Waals surface area contributed by atoms with E-state index in [1.54, 1.807) is 12.1 Å². The van der Waals surface area contributed by atoms with Crippen molar-refractivity contribution in [2.24, 2.45) is 0 Å². The zero-order valence-electron chi connectivity index (χ0n) is 14.1. The van der Waals surface area contributed by atoms with Crippen LogP contribution in [0.2, 0.25) is 0 Å². The highest BCUT2D eigenvalue weighted by Gasteiger charge is 2.19. The summed E-state index contributed by atoms with van der Waals surface area (Å²) < 4.78 is 25.5. The van der Waals surface area contributed by atoms with Gasteiger partial charge >= 0.3 is 0 Å². The smallest absolute Gasteiger partial charge is 0.182 e. The van der Waals surface area contributed by atoms with Crippen molar-refractivity contribution in [3.8, 4) is 11.3 Å². The third-order valence-corrected chi connectivity index (χ3v) is 6.09. The molecule has 4 rings (SSSR count). The fourth-order valence-corrected chi connectivity index (χ4v) is 4.59. The van der Waals surface area contributed by atoms with Gasteiger partial charge in [0.1, 0.15) is 0 Å². The molecule has 0 aliphatic rings. The van der Waals surface area contributed by atoms with E-state index in [0.717, 1.165) is 22.0 Å². The van der Waals surface area contributed by atoms with E-state index in [2.05, 4.69) is 6.58 Å². The zero-order valence-corrected chi connectivity index (χ0v) is 14.9. The van der Waals surface area contributed by atoms with Crippen molar-refractivity contribution in [3.05, 3.63) is 85.5 Å². The number of benzene rings is 3. The first-order valence-corrected chi connectivity index (χ1v) is 9.97. The highest BCUT2D eigenvalue weighted by molar-refractivity contribution is 7.91. The van der Waals surface area contributed by atoms with Crippen molar-refractivity contribution in [3.63, 3.8) is 0 Å². The van der Waals surface area contributed by atoms with Crippen LogP contribution in [0.15, 0.2) is 90.3 Å². The second-order valence-electron chi connectivity index (χ2n) is 6.09.